The Morgan fingerprint density at radius 3 is 2.47 bits per heavy atom. The molecule has 5 nitrogen and oxygen atoms in total. The Morgan fingerprint density at radius 2 is 2.00 bits per heavy atom. The van der Waals surface area contributed by atoms with Crippen LogP contribution in [0.15, 0.2) is 0 Å². The van der Waals surface area contributed by atoms with Crippen molar-refractivity contribution in [2.24, 2.45) is 0 Å². The van der Waals surface area contributed by atoms with Gasteiger partial charge in [0.2, 0.25) is 6.41 Å². The second-order valence-electron chi connectivity index (χ2n) is 3.36. The van der Waals surface area contributed by atoms with E-state index in [1.54, 1.807) is 28.1 Å². The summed E-state index contributed by atoms with van der Waals surface area (Å²) < 4.78 is 4.08. The first-order chi connectivity index (χ1) is 6.99. The molecule has 1 aromatic heterocycles. The molecule has 2 amide bonds. The number of hydrogen-bond donors (Lipinski definition) is 0. The van der Waals surface area contributed by atoms with E-state index in [-0.39, 0.29) is 5.91 Å². The number of aromatic nitrogens is 1. The Bertz CT molecular complexity index is 387. The van der Waals surface area contributed by atoms with Gasteiger partial charge in [0, 0.05) is 21.1 Å². The summed E-state index contributed by atoms with van der Waals surface area (Å²) in [6.07, 6.45) is 0.666. The van der Waals surface area contributed by atoms with Crippen LogP contribution in [-0.4, -0.2) is 42.7 Å². The molecular weight excluding hydrogens is 214 g/mol. The van der Waals surface area contributed by atoms with Gasteiger partial charge in [0.25, 0.3) is 5.91 Å². The summed E-state index contributed by atoms with van der Waals surface area (Å²) in [7, 11) is 4.95. The van der Waals surface area contributed by atoms with Crippen LogP contribution in [0.2, 0.25) is 0 Å². The zero-order chi connectivity index (χ0) is 11.6. The van der Waals surface area contributed by atoms with E-state index >= 15 is 0 Å². The molecular formula is C9H13N3O2S. The Hall–Kier alpha value is -1.43. The minimum absolute atomic E-state index is 0.134. The third-order valence-electron chi connectivity index (χ3n) is 1.94. The van der Waals surface area contributed by atoms with Crippen LogP contribution in [0.25, 0.3) is 0 Å². The molecule has 0 saturated heterocycles. The number of carbonyl (C=O) groups excluding carboxylic acids is 2. The van der Waals surface area contributed by atoms with Gasteiger partial charge in [0.05, 0.1) is 11.3 Å². The number of nitrogens with zero attached hydrogens (tertiary/aromatic N) is 3. The van der Waals surface area contributed by atoms with Crippen molar-refractivity contribution in [1.29, 1.82) is 0 Å². The third kappa shape index (κ3) is 2.15. The Morgan fingerprint density at radius 1 is 1.40 bits per heavy atom. The summed E-state index contributed by atoms with van der Waals surface area (Å²) in [5, 5.41) is 0.584. The van der Waals surface area contributed by atoms with Crippen LogP contribution in [0.4, 0.5) is 5.00 Å². The largest absolute Gasteiger partial charge is 0.345 e. The number of rotatable bonds is 3. The van der Waals surface area contributed by atoms with Crippen molar-refractivity contribution in [2.75, 3.05) is 26.0 Å². The van der Waals surface area contributed by atoms with E-state index in [1.807, 2.05) is 0 Å². The molecule has 0 saturated carbocycles. The lowest BCUT2D eigenvalue weighted by molar-refractivity contribution is -0.107. The monoisotopic (exact) mass is 227 g/mol. The summed E-state index contributed by atoms with van der Waals surface area (Å²) in [6, 6.07) is 0. The molecule has 0 bridgehead atoms. The first-order valence-electron chi connectivity index (χ1n) is 4.35. The van der Waals surface area contributed by atoms with Crippen LogP contribution in [0, 0.1) is 6.92 Å². The lowest BCUT2D eigenvalue weighted by Gasteiger charge is -2.14. The van der Waals surface area contributed by atoms with Crippen LogP contribution < -0.4 is 4.90 Å². The first kappa shape index (κ1) is 11.6. The van der Waals surface area contributed by atoms with Crippen molar-refractivity contribution in [3.63, 3.8) is 0 Å². The summed E-state index contributed by atoms with van der Waals surface area (Å²) in [5.74, 6) is -0.134. The molecule has 0 atom stereocenters. The van der Waals surface area contributed by atoms with E-state index in [0.717, 1.165) is 11.5 Å². The Labute approximate surface area is 92.5 Å². The van der Waals surface area contributed by atoms with Gasteiger partial charge in [-0.05, 0) is 18.5 Å². The summed E-state index contributed by atoms with van der Waals surface area (Å²) in [6.45, 7) is 1.76. The smallest absolute Gasteiger partial charge is 0.258 e. The van der Waals surface area contributed by atoms with Gasteiger partial charge in [0.1, 0.15) is 5.00 Å². The highest BCUT2D eigenvalue weighted by Gasteiger charge is 2.21. The molecule has 0 aliphatic rings. The zero-order valence-electron chi connectivity index (χ0n) is 9.14. The van der Waals surface area contributed by atoms with Crippen LogP contribution in [-0.2, 0) is 4.79 Å². The SMILES string of the molecule is Cc1nsc(N(C)C=O)c1C(=O)N(C)C. The Balaban J connectivity index is 3.20. The predicted octanol–water partition coefficient (Wildman–Crippen LogP) is 0.746. The van der Waals surface area contributed by atoms with E-state index in [9.17, 15) is 9.59 Å². The predicted molar refractivity (Wildman–Crippen MR) is 59.3 cm³/mol. The third-order valence-corrected chi connectivity index (χ3v) is 2.97. The number of amides is 2. The molecule has 0 N–H and O–H groups in total. The van der Waals surface area contributed by atoms with Crippen LogP contribution in [0.3, 0.4) is 0 Å². The Kier molecular flexibility index (Phi) is 3.41. The minimum atomic E-state index is -0.134. The van der Waals surface area contributed by atoms with Crippen molar-refractivity contribution in [1.82, 2.24) is 9.27 Å². The van der Waals surface area contributed by atoms with Crippen molar-refractivity contribution < 1.29 is 9.59 Å². The fourth-order valence-corrected chi connectivity index (χ4v) is 1.93. The van der Waals surface area contributed by atoms with Crippen LogP contribution >= 0.6 is 11.5 Å². The van der Waals surface area contributed by atoms with E-state index in [4.69, 9.17) is 0 Å². The normalized spacial score (nSPS) is 9.87. The second kappa shape index (κ2) is 4.39. The molecule has 0 spiro atoms. The van der Waals surface area contributed by atoms with Crippen LogP contribution in [0.5, 0.6) is 0 Å². The number of anilines is 1. The average molecular weight is 227 g/mol. The second-order valence-corrected chi connectivity index (χ2v) is 4.12. The van der Waals surface area contributed by atoms with Gasteiger partial charge < -0.3 is 9.80 Å². The number of carbonyl (C=O) groups is 2. The minimum Gasteiger partial charge on any atom is -0.345 e. The fourth-order valence-electron chi connectivity index (χ4n) is 1.12. The maximum absolute atomic E-state index is 11.8. The maximum atomic E-state index is 11.8. The number of aryl methyl sites for hydroxylation is 1. The van der Waals surface area contributed by atoms with Gasteiger partial charge in [0.15, 0.2) is 0 Å². The van der Waals surface area contributed by atoms with Crippen molar-refractivity contribution in [3.05, 3.63) is 11.3 Å². The molecule has 0 fully saturated rings. The quantitative estimate of drug-likeness (QED) is 0.716. The van der Waals surface area contributed by atoms with Crippen LogP contribution in [0.1, 0.15) is 16.1 Å². The van der Waals surface area contributed by atoms with E-state index < -0.39 is 0 Å². The molecule has 6 heteroatoms. The molecule has 0 aromatic carbocycles. The highest BCUT2D eigenvalue weighted by Crippen LogP contribution is 2.27. The zero-order valence-corrected chi connectivity index (χ0v) is 9.96. The molecule has 0 aliphatic carbocycles. The van der Waals surface area contributed by atoms with Crippen molar-refractivity contribution >= 4 is 28.9 Å². The highest BCUT2D eigenvalue weighted by molar-refractivity contribution is 7.11. The van der Waals surface area contributed by atoms with E-state index in [2.05, 4.69) is 4.37 Å². The van der Waals surface area contributed by atoms with Gasteiger partial charge in [-0.15, -0.1) is 0 Å². The maximum Gasteiger partial charge on any atom is 0.258 e. The number of hydrogen-bond acceptors (Lipinski definition) is 4. The summed E-state index contributed by atoms with van der Waals surface area (Å²) in [4.78, 5) is 25.3. The lowest BCUT2D eigenvalue weighted by Crippen LogP contribution is -2.25. The van der Waals surface area contributed by atoms with Gasteiger partial charge in [-0.3, -0.25) is 9.59 Å². The van der Waals surface area contributed by atoms with Gasteiger partial charge in [-0.2, -0.15) is 4.37 Å². The summed E-state index contributed by atoms with van der Waals surface area (Å²) >= 11 is 1.15. The molecule has 15 heavy (non-hydrogen) atoms. The molecule has 1 aromatic rings. The fraction of sp³-hybridized carbons (Fsp3) is 0.444. The van der Waals surface area contributed by atoms with E-state index in [0.29, 0.717) is 22.7 Å². The topological polar surface area (TPSA) is 53.5 Å². The van der Waals surface area contributed by atoms with Gasteiger partial charge in [-0.25, -0.2) is 0 Å². The first-order valence-corrected chi connectivity index (χ1v) is 5.12. The molecule has 0 aliphatic heterocycles. The average Bonchev–Trinajstić information content (AvgIpc) is 2.57. The molecule has 1 rings (SSSR count). The molecule has 82 valence electrons. The van der Waals surface area contributed by atoms with Crippen molar-refractivity contribution in [3.8, 4) is 0 Å². The molecule has 0 radical (unpaired) electrons. The summed E-state index contributed by atoms with van der Waals surface area (Å²) in [5.41, 5.74) is 1.15. The molecule has 1 heterocycles. The lowest BCUT2D eigenvalue weighted by atomic mass is 10.2. The standard InChI is InChI=1S/C9H13N3O2S/c1-6-7(8(14)11(2)3)9(15-10-6)12(4)5-13/h5H,1-4H3. The van der Waals surface area contributed by atoms with Gasteiger partial charge >= 0.3 is 0 Å². The van der Waals surface area contributed by atoms with E-state index in [1.165, 1.54) is 9.80 Å². The van der Waals surface area contributed by atoms with Gasteiger partial charge in [-0.1, -0.05) is 0 Å². The molecule has 0 unspecified atom stereocenters. The van der Waals surface area contributed by atoms with Crippen molar-refractivity contribution in [2.45, 2.75) is 6.92 Å². The highest BCUT2D eigenvalue weighted by atomic mass is 32.1.